The van der Waals surface area contributed by atoms with E-state index in [2.05, 4.69) is 47.6 Å². The first-order valence-electron chi connectivity index (χ1n) is 6.24. The fourth-order valence-electron chi connectivity index (χ4n) is 1.99. The minimum atomic E-state index is 0.612. The second-order valence-electron chi connectivity index (χ2n) is 4.58. The van der Waals surface area contributed by atoms with Crippen LogP contribution in [0.15, 0.2) is 22.6 Å². The fraction of sp³-hybridized carbons (Fsp3) is 0.429. The van der Waals surface area contributed by atoms with Gasteiger partial charge in [0.2, 0.25) is 11.8 Å². The lowest BCUT2D eigenvalue weighted by atomic mass is 10.1. The number of rotatable bonds is 5. The molecule has 1 aromatic carbocycles. The van der Waals surface area contributed by atoms with Crippen LogP contribution in [0.25, 0.3) is 11.5 Å². The summed E-state index contributed by atoms with van der Waals surface area (Å²) in [6.45, 7) is 5.10. The van der Waals surface area contributed by atoms with Gasteiger partial charge in [0.05, 0.1) is 0 Å². The monoisotopic (exact) mass is 245 g/mol. The Labute approximate surface area is 107 Å². The van der Waals surface area contributed by atoms with E-state index < -0.39 is 0 Å². The molecule has 4 heteroatoms. The molecule has 2 aromatic rings. The number of hydrogen-bond donors (Lipinski definition) is 1. The summed E-state index contributed by atoms with van der Waals surface area (Å²) in [5.74, 6) is 1.32. The minimum absolute atomic E-state index is 0.612. The standard InChI is InChI=1S/C14H19N3O/c1-10-7-11(2)9-12(8-10)14-17-16-13(18-14)5-4-6-15-3/h7-9,15H,4-6H2,1-3H3. The Kier molecular flexibility index (Phi) is 4.10. The van der Waals surface area contributed by atoms with Gasteiger partial charge in [-0.15, -0.1) is 10.2 Å². The fourth-order valence-corrected chi connectivity index (χ4v) is 1.99. The van der Waals surface area contributed by atoms with E-state index in [0.29, 0.717) is 11.8 Å². The van der Waals surface area contributed by atoms with E-state index in [0.717, 1.165) is 24.9 Å². The number of aryl methyl sites for hydroxylation is 3. The molecule has 0 saturated heterocycles. The molecule has 1 heterocycles. The lowest BCUT2D eigenvalue weighted by Gasteiger charge is -2.00. The Morgan fingerprint density at radius 2 is 1.83 bits per heavy atom. The van der Waals surface area contributed by atoms with E-state index in [4.69, 9.17) is 4.42 Å². The molecule has 0 unspecified atom stereocenters. The molecular formula is C14H19N3O. The maximum Gasteiger partial charge on any atom is 0.247 e. The summed E-state index contributed by atoms with van der Waals surface area (Å²) >= 11 is 0. The van der Waals surface area contributed by atoms with Crippen LogP contribution in [0.4, 0.5) is 0 Å². The number of benzene rings is 1. The predicted molar refractivity (Wildman–Crippen MR) is 71.5 cm³/mol. The van der Waals surface area contributed by atoms with Crippen molar-refractivity contribution in [3.8, 4) is 11.5 Å². The first kappa shape index (κ1) is 12.8. The third kappa shape index (κ3) is 3.17. The van der Waals surface area contributed by atoms with Gasteiger partial charge in [0.1, 0.15) is 0 Å². The van der Waals surface area contributed by atoms with Crippen molar-refractivity contribution in [2.24, 2.45) is 0 Å². The van der Waals surface area contributed by atoms with Crippen LogP contribution in [0.2, 0.25) is 0 Å². The topological polar surface area (TPSA) is 51.0 Å². The number of nitrogens with zero attached hydrogens (tertiary/aromatic N) is 2. The zero-order valence-corrected chi connectivity index (χ0v) is 11.2. The van der Waals surface area contributed by atoms with Gasteiger partial charge in [-0.2, -0.15) is 0 Å². The van der Waals surface area contributed by atoms with Crippen molar-refractivity contribution in [1.29, 1.82) is 0 Å². The molecule has 18 heavy (non-hydrogen) atoms. The first-order valence-corrected chi connectivity index (χ1v) is 6.24. The highest BCUT2D eigenvalue weighted by Gasteiger charge is 2.08. The van der Waals surface area contributed by atoms with E-state index in [-0.39, 0.29) is 0 Å². The maximum atomic E-state index is 5.68. The molecule has 2 rings (SSSR count). The molecule has 0 amide bonds. The average molecular weight is 245 g/mol. The van der Waals surface area contributed by atoms with E-state index in [1.807, 2.05) is 7.05 Å². The zero-order chi connectivity index (χ0) is 13.0. The van der Waals surface area contributed by atoms with Crippen molar-refractivity contribution >= 4 is 0 Å². The molecule has 0 bridgehead atoms. The highest BCUT2D eigenvalue weighted by Crippen LogP contribution is 2.21. The van der Waals surface area contributed by atoms with Crippen LogP contribution in [-0.4, -0.2) is 23.8 Å². The van der Waals surface area contributed by atoms with E-state index in [1.165, 1.54) is 11.1 Å². The molecule has 0 aliphatic carbocycles. The molecule has 0 spiro atoms. The molecule has 4 nitrogen and oxygen atoms in total. The van der Waals surface area contributed by atoms with Gasteiger partial charge < -0.3 is 9.73 Å². The van der Waals surface area contributed by atoms with Gasteiger partial charge in [-0.05, 0) is 46.0 Å². The summed E-state index contributed by atoms with van der Waals surface area (Å²) in [4.78, 5) is 0. The van der Waals surface area contributed by atoms with Crippen molar-refractivity contribution in [3.05, 3.63) is 35.2 Å². The Morgan fingerprint density at radius 1 is 1.11 bits per heavy atom. The normalized spacial score (nSPS) is 10.8. The predicted octanol–water partition coefficient (Wildman–Crippen LogP) is 2.51. The lowest BCUT2D eigenvalue weighted by Crippen LogP contribution is -2.08. The van der Waals surface area contributed by atoms with Crippen LogP contribution < -0.4 is 5.32 Å². The van der Waals surface area contributed by atoms with Crippen molar-refractivity contribution in [1.82, 2.24) is 15.5 Å². The molecule has 1 aromatic heterocycles. The van der Waals surface area contributed by atoms with E-state index in [1.54, 1.807) is 0 Å². The highest BCUT2D eigenvalue weighted by molar-refractivity contribution is 5.55. The second-order valence-corrected chi connectivity index (χ2v) is 4.58. The van der Waals surface area contributed by atoms with Crippen molar-refractivity contribution in [2.75, 3.05) is 13.6 Å². The molecular weight excluding hydrogens is 226 g/mol. The van der Waals surface area contributed by atoms with Crippen LogP contribution in [0.3, 0.4) is 0 Å². The van der Waals surface area contributed by atoms with E-state index in [9.17, 15) is 0 Å². The highest BCUT2D eigenvalue weighted by atomic mass is 16.4. The Bertz CT molecular complexity index is 499. The first-order chi connectivity index (χ1) is 8.69. The third-order valence-corrected chi connectivity index (χ3v) is 2.75. The van der Waals surface area contributed by atoms with Gasteiger partial charge in [0.15, 0.2) is 0 Å². The van der Waals surface area contributed by atoms with Crippen molar-refractivity contribution < 1.29 is 4.42 Å². The Balaban J connectivity index is 2.13. The zero-order valence-electron chi connectivity index (χ0n) is 11.2. The molecule has 0 atom stereocenters. The summed E-state index contributed by atoms with van der Waals surface area (Å²) in [6, 6.07) is 6.27. The van der Waals surface area contributed by atoms with Gasteiger partial charge in [-0.25, -0.2) is 0 Å². The van der Waals surface area contributed by atoms with Gasteiger partial charge >= 0.3 is 0 Å². The van der Waals surface area contributed by atoms with Gasteiger partial charge in [-0.3, -0.25) is 0 Å². The molecule has 0 fully saturated rings. The quantitative estimate of drug-likeness (QED) is 0.822. The van der Waals surface area contributed by atoms with Crippen molar-refractivity contribution in [3.63, 3.8) is 0 Å². The SMILES string of the molecule is CNCCCc1nnc(-c2cc(C)cc(C)c2)o1. The largest absolute Gasteiger partial charge is 0.421 e. The van der Waals surface area contributed by atoms with Crippen LogP contribution in [0.5, 0.6) is 0 Å². The average Bonchev–Trinajstić information content (AvgIpc) is 2.77. The molecule has 0 saturated carbocycles. The van der Waals surface area contributed by atoms with E-state index >= 15 is 0 Å². The third-order valence-electron chi connectivity index (χ3n) is 2.75. The van der Waals surface area contributed by atoms with Crippen LogP contribution in [-0.2, 0) is 6.42 Å². The van der Waals surface area contributed by atoms with Gasteiger partial charge in [-0.1, -0.05) is 17.2 Å². The molecule has 96 valence electrons. The number of nitrogens with one attached hydrogen (secondary N) is 1. The maximum absolute atomic E-state index is 5.68. The smallest absolute Gasteiger partial charge is 0.247 e. The summed E-state index contributed by atoms with van der Waals surface area (Å²) in [7, 11) is 1.94. The summed E-state index contributed by atoms with van der Waals surface area (Å²) in [5.41, 5.74) is 3.42. The Hall–Kier alpha value is -1.68. The van der Waals surface area contributed by atoms with Crippen LogP contribution >= 0.6 is 0 Å². The molecule has 0 aliphatic rings. The van der Waals surface area contributed by atoms with Crippen LogP contribution in [0, 0.1) is 13.8 Å². The molecule has 0 aliphatic heterocycles. The number of aromatic nitrogens is 2. The summed E-state index contributed by atoms with van der Waals surface area (Å²) < 4.78 is 5.68. The Morgan fingerprint density at radius 3 is 2.50 bits per heavy atom. The second kappa shape index (κ2) is 5.78. The lowest BCUT2D eigenvalue weighted by molar-refractivity contribution is 0.494. The summed E-state index contributed by atoms with van der Waals surface area (Å²) in [5, 5.41) is 11.3. The van der Waals surface area contributed by atoms with Crippen molar-refractivity contribution in [2.45, 2.75) is 26.7 Å². The van der Waals surface area contributed by atoms with Gasteiger partial charge in [0, 0.05) is 12.0 Å². The van der Waals surface area contributed by atoms with Gasteiger partial charge in [0.25, 0.3) is 0 Å². The number of hydrogen-bond acceptors (Lipinski definition) is 4. The van der Waals surface area contributed by atoms with Crippen LogP contribution in [0.1, 0.15) is 23.4 Å². The molecule has 0 radical (unpaired) electrons. The molecule has 1 N–H and O–H groups in total. The minimum Gasteiger partial charge on any atom is -0.421 e. The summed E-state index contributed by atoms with van der Waals surface area (Å²) in [6.07, 6.45) is 1.82.